The first-order valence-corrected chi connectivity index (χ1v) is 2.50. The van der Waals surface area contributed by atoms with Gasteiger partial charge in [-0.25, -0.2) is 0 Å². The first-order valence-electron chi connectivity index (χ1n) is 2.50. The van der Waals surface area contributed by atoms with E-state index in [1.807, 2.05) is 0 Å². The van der Waals surface area contributed by atoms with Gasteiger partial charge in [0.25, 0.3) is 0 Å². The fourth-order valence-electron chi connectivity index (χ4n) is 0.377. The van der Waals surface area contributed by atoms with Gasteiger partial charge in [-0.2, -0.15) is 0 Å². The Balaban J connectivity index is 4.09. The number of hydrogen-bond donors (Lipinski definition) is 1. The van der Waals surface area contributed by atoms with Gasteiger partial charge in [-0.05, 0) is 6.08 Å². The number of hydrogen-bond acceptors (Lipinski definition) is 1. The molecule has 0 aliphatic rings. The first-order chi connectivity index (χ1) is 4.26. The van der Waals surface area contributed by atoms with Gasteiger partial charge in [0.05, 0.1) is 0 Å². The molecule has 2 heteroatoms. The van der Waals surface area contributed by atoms with E-state index in [2.05, 4.69) is 19.7 Å². The molecule has 0 bridgehead atoms. The van der Waals surface area contributed by atoms with E-state index in [1.165, 1.54) is 23.4 Å². The molecule has 0 aromatic carbocycles. The Kier molecular flexibility index (Phi) is 3.13. The van der Waals surface area contributed by atoms with Crippen molar-refractivity contribution in [2.75, 3.05) is 0 Å². The van der Waals surface area contributed by atoms with E-state index in [9.17, 15) is 0 Å². The highest BCUT2D eigenvalue weighted by Gasteiger charge is 1.92. The molecule has 0 saturated carbocycles. The molecule has 0 atom stereocenters. The average Bonchev–Trinajstić information content (AvgIpc) is 1.90. The van der Waals surface area contributed by atoms with Crippen molar-refractivity contribution in [3.63, 3.8) is 0 Å². The second kappa shape index (κ2) is 3.66. The normalized spacial score (nSPS) is 7.56. The van der Waals surface area contributed by atoms with Gasteiger partial charge in [0.1, 0.15) is 5.84 Å². The lowest BCUT2D eigenvalue weighted by Crippen LogP contribution is -2.14. The summed E-state index contributed by atoms with van der Waals surface area (Å²) in [4.78, 5) is 1.47. The maximum absolute atomic E-state index is 7.16. The van der Waals surface area contributed by atoms with E-state index < -0.39 is 0 Å². The molecule has 0 aliphatic carbocycles. The average molecular weight is 122 g/mol. The van der Waals surface area contributed by atoms with Gasteiger partial charge in [0.2, 0.25) is 0 Å². The summed E-state index contributed by atoms with van der Waals surface area (Å²) in [6.07, 6.45) is 4.41. The third-order valence-electron chi connectivity index (χ3n) is 0.865. The highest BCUT2D eigenvalue weighted by molar-refractivity contribution is 5.91. The molecule has 0 radical (unpaired) electrons. The van der Waals surface area contributed by atoms with Gasteiger partial charge in [-0.1, -0.05) is 19.7 Å². The second-order valence-corrected chi connectivity index (χ2v) is 1.36. The van der Waals surface area contributed by atoms with Crippen LogP contribution >= 0.6 is 0 Å². The van der Waals surface area contributed by atoms with E-state index in [0.717, 1.165) is 0 Å². The SMILES string of the molecule is C=CC(=N)N(C=C)C=C. The van der Waals surface area contributed by atoms with Crippen molar-refractivity contribution >= 4 is 5.84 Å². The van der Waals surface area contributed by atoms with Crippen molar-refractivity contribution in [1.82, 2.24) is 4.90 Å². The Labute approximate surface area is 55.3 Å². The summed E-state index contributed by atoms with van der Waals surface area (Å²) in [5, 5.41) is 7.16. The van der Waals surface area contributed by atoms with Gasteiger partial charge in [0, 0.05) is 12.4 Å². The fourth-order valence-corrected chi connectivity index (χ4v) is 0.377. The Bertz CT molecular complexity index is 139. The zero-order chi connectivity index (χ0) is 7.28. The molecule has 0 heterocycles. The van der Waals surface area contributed by atoms with Crippen molar-refractivity contribution in [3.05, 3.63) is 38.2 Å². The number of nitrogens with one attached hydrogen (secondary N) is 1. The van der Waals surface area contributed by atoms with E-state index in [4.69, 9.17) is 5.41 Å². The second-order valence-electron chi connectivity index (χ2n) is 1.36. The highest BCUT2D eigenvalue weighted by atomic mass is 15.1. The standard InChI is InChI=1S/C7H10N2/c1-4-7(8)9(5-2)6-3/h4-6,8H,1-3H2. The lowest BCUT2D eigenvalue weighted by atomic mass is 10.5. The van der Waals surface area contributed by atoms with Gasteiger partial charge < -0.3 is 4.90 Å². The third kappa shape index (κ3) is 1.95. The van der Waals surface area contributed by atoms with Gasteiger partial charge in [0.15, 0.2) is 0 Å². The van der Waals surface area contributed by atoms with Crippen molar-refractivity contribution < 1.29 is 0 Å². The van der Waals surface area contributed by atoms with E-state index >= 15 is 0 Å². The Morgan fingerprint density at radius 2 is 1.67 bits per heavy atom. The molecule has 0 saturated heterocycles. The highest BCUT2D eigenvalue weighted by Crippen LogP contribution is 1.90. The van der Waals surface area contributed by atoms with Crippen molar-refractivity contribution in [3.8, 4) is 0 Å². The summed E-state index contributed by atoms with van der Waals surface area (Å²) in [7, 11) is 0. The summed E-state index contributed by atoms with van der Waals surface area (Å²) >= 11 is 0. The minimum absolute atomic E-state index is 0.278. The molecule has 0 fully saturated rings. The lowest BCUT2D eigenvalue weighted by molar-refractivity contribution is 0.763. The Hall–Kier alpha value is -1.31. The van der Waals surface area contributed by atoms with Crippen LogP contribution in [0.2, 0.25) is 0 Å². The molecular weight excluding hydrogens is 112 g/mol. The maximum Gasteiger partial charge on any atom is 0.128 e. The predicted octanol–water partition coefficient (Wildman–Crippen LogP) is 1.74. The molecule has 0 amide bonds. The van der Waals surface area contributed by atoms with Crippen LogP contribution in [0.5, 0.6) is 0 Å². The maximum atomic E-state index is 7.16. The number of nitrogens with zero attached hydrogens (tertiary/aromatic N) is 1. The van der Waals surface area contributed by atoms with Gasteiger partial charge in [-0.3, -0.25) is 5.41 Å². The Morgan fingerprint density at radius 3 is 1.78 bits per heavy atom. The van der Waals surface area contributed by atoms with Gasteiger partial charge in [-0.15, -0.1) is 0 Å². The minimum atomic E-state index is 0.278. The summed E-state index contributed by atoms with van der Waals surface area (Å²) in [6.45, 7) is 10.3. The largest absolute Gasteiger partial charge is 0.310 e. The van der Waals surface area contributed by atoms with Crippen LogP contribution in [0.3, 0.4) is 0 Å². The molecule has 0 unspecified atom stereocenters. The van der Waals surface area contributed by atoms with Crippen LogP contribution in [-0.4, -0.2) is 10.7 Å². The summed E-state index contributed by atoms with van der Waals surface area (Å²) in [5.74, 6) is 0.278. The van der Waals surface area contributed by atoms with Crippen molar-refractivity contribution in [2.45, 2.75) is 0 Å². The van der Waals surface area contributed by atoms with Crippen LogP contribution < -0.4 is 0 Å². The zero-order valence-corrected chi connectivity index (χ0v) is 5.30. The minimum Gasteiger partial charge on any atom is -0.310 e. The third-order valence-corrected chi connectivity index (χ3v) is 0.865. The molecule has 48 valence electrons. The topological polar surface area (TPSA) is 27.1 Å². The number of amidine groups is 1. The molecular formula is C7H10N2. The van der Waals surface area contributed by atoms with Crippen LogP contribution in [0.15, 0.2) is 38.2 Å². The molecule has 9 heavy (non-hydrogen) atoms. The van der Waals surface area contributed by atoms with Crippen LogP contribution in [0.1, 0.15) is 0 Å². The molecule has 0 aromatic heterocycles. The zero-order valence-electron chi connectivity index (χ0n) is 5.30. The van der Waals surface area contributed by atoms with Crippen molar-refractivity contribution in [1.29, 1.82) is 5.41 Å². The van der Waals surface area contributed by atoms with Gasteiger partial charge >= 0.3 is 0 Å². The number of rotatable bonds is 3. The quantitative estimate of drug-likeness (QED) is 0.448. The Morgan fingerprint density at radius 1 is 1.22 bits per heavy atom. The smallest absolute Gasteiger partial charge is 0.128 e. The van der Waals surface area contributed by atoms with E-state index in [1.54, 1.807) is 0 Å². The monoisotopic (exact) mass is 122 g/mol. The molecule has 2 nitrogen and oxygen atoms in total. The van der Waals surface area contributed by atoms with Crippen LogP contribution in [-0.2, 0) is 0 Å². The van der Waals surface area contributed by atoms with E-state index in [-0.39, 0.29) is 5.84 Å². The predicted molar refractivity (Wildman–Crippen MR) is 40.2 cm³/mol. The lowest BCUT2D eigenvalue weighted by Gasteiger charge is -2.10. The van der Waals surface area contributed by atoms with E-state index in [0.29, 0.717) is 0 Å². The molecule has 1 N–H and O–H groups in total. The summed E-state index contributed by atoms with van der Waals surface area (Å²) in [5.41, 5.74) is 0. The van der Waals surface area contributed by atoms with Crippen LogP contribution in [0, 0.1) is 5.41 Å². The summed E-state index contributed by atoms with van der Waals surface area (Å²) < 4.78 is 0. The fraction of sp³-hybridized carbons (Fsp3) is 0. The van der Waals surface area contributed by atoms with Crippen LogP contribution in [0.4, 0.5) is 0 Å². The van der Waals surface area contributed by atoms with Crippen LogP contribution in [0.25, 0.3) is 0 Å². The van der Waals surface area contributed by atoms with Crippen molar-refractivity contribution in [2.24, 2.45) is 0 Å². The molecule has 0 rings (SSSR count). The first kappa shape index (κ1) is 7.69. The molecule has 0 aromatic rings. The molecule has 0 spiro atoms. The summed E-state index contributed by atoms with van der Waals surface area (Å²) in [6, 6.07) is 0. The molecule has 0 aliphatic heterocycles.